The van der Waals surface area contributed by atoms with E-state index in [1.807, 2.05) is 0 Å². The minimum absolute atomic E-state index is 0.102. The number of sulfonamides is 1. The number of amides is 1. The van der Waals surface area contributed by atoms with Gasteiger partial charge in [0.25, 0.3) is 10.0 Å². The normalized spacial score (nSPS) is 18.6. The van der Waals surface area contributed by atoms with Gasteiger partial charge in [0.2, 0.25) is 11.7 Å². The molecule has 1 amide bonds. The van der Waals surface area contributed by atoms with Crippen LogP contribution in [0, 0.1) is 5.82 Å². The molecular weight excluding hydrogens is 518 g/mol. The fourth-order valence-corrected chi connectivity index (χ4v) is 5.72. The van der Waals surface area contributed by atoms with Crippen LogP contribution in [0.4, 0.5) is 23.2 Å². The Balaban J connectivity index is 1.50. The molecule has 1 fully saturated rings. The summed E-state index contributed by atoms with van der Waals surface area (Å²) < 4.78 is 78.7. The maximum atomic E-state index is 13.2. The lowest BCUT2D eigenvalue weighted by Crippen LogP contribution is -2.48. The largest absolute Gasteiger partial charge is 0.451 e. The summed E-state index contributed by atoms with van der Waals surface area (Å²) in [7, 11) is -4.18. The highest BCUT2D eigenvalue weighted by atomic mass is 32.2. The summed E-state index contributed by atoms with van der Waals surface area (Å²) in [5, 5.41) is 2.29. The molecule has 3 N–H and O–H groups in total. The van der Waals surface area contributed by atoms with Crippen molar-refractivity contribution in [2.75, 3.05) is 5.73 Å². The summed E-state index contributed by atoms with van der Waals surface area (Å²) in [6.45, 7) is 1.56. The van der Waals surface area contributed by atoms with Gasteiger partial charge < -0.3 is 11.1 Å². The quantitative estimate of drug-likeness (QED) is 0.455. The molecule has 3 aromatic heterocycles. The summed E-state index contributed by atoms with van der Waals surface area (Å²) in [6.07, 6.45) is 0.0126. The third-order valence-corrected chi connectivity index (χ3v) is 7.76. The molecule has 37 heavy (non-hydrogen) atoms. The topological polar surface area (TPSA) is 144 Å². The van der Waals surface area contributed by atoms with Gasteiger partial charge in [-0.15, -0.1) is 0 Å². The molecule has 1 aliphatic heterocycles. The van der Waals surface area contributed by atoms with Crippen molar-refractivity contribution >= 4 is 21.6 Å². The lowest BCUT2D eigenvalue weighted by molar-refractivity contribution is -0.145. The number of aromatic nitrogens is 4. The maximum Gasteiger partial charge on any atom is 0.451 e. The van der Waals surface area contributed by atoms with E-state index in [1.165, 1.54) is 12.3 Å². The highest BCUT2D eigenvalue weighted by molar-refractivity contribution is 7.89. The zero-order valence-electron chi connectivity index (χ0n) is 19.3. The first-order valence-electron chi connectivity index (χ1n) is 10.9. The van der Waals surface area contributed by atoms with E-state index < -0.39 is 45.8 Å². The summed E-state index contributed by atoms with van der Waals surface area (Å²) in [5.41, 5.74) is 7.00. The van der Waals surface area contributed by atoms with Gasteiger partial charge in [-0.3, -0.25) is 9.78 Å². The Kier molecular flexibility index (Phi) is 7.10. The van der Waals surface area contributed by atoms with Gasteiger partial charge in [0.15, 0.2) is 5.03 Å². The van der Waals surface area contributed by atoms with Gasteiger partial charge in [-0.2, -0.15) is 17.5 Å². The molecule has 0 radical (unpaired) electrons. The number of halogens is 4. The standard InChI is InChI=1S/C22H21F4N7O3S/c1-12-2-4-18(33(12)37(35,36)19-5-3-15(23)10-29-19)20(34)30-7-13-6-17(28-11-16(13)27)14-8-31-21(32-9-14)22(24,25)26/h3,5-6,8-12,18H,2,4,7,27H2,1H3,(H,30,34)/t12-,18-/m0/s1. The number of hydrogen-bond donors (Lipinski definition) is 2. The van der Waals surface area contributed by atoms with E-state index in [9.17, 15) is 30.8 Å². The second-order valence-corrected chi connectivity index (χ2v) is 10.2. The molecule has 1 aliphatic rings. The molecule has 0 spiro atoms. The molecular formula is C22H21F4N7O3S. The van der Waals surface area contributed by atoms with Crippen LogP contribution in [0.5, 0.6) is 0 Å². The van der Waals surface area contributed by atoms with Gasteiger partial charge in [-0.05, 0) is 43.5 Å². The van der Waals surface area contributed by atoms with Crippen molar-refractivity contribution in [2.45, 2.75) is 49.6 Å². The Labute approximate surface area is 209 Å². The molecule has 0 aromatic carbocycles. The Hall–Kier alpha value is -3.72. The van der Waals surface area contributed by atoms with Crippen LogP contribution in [0.25, 0.3) is 11.3 Å². The second-order valence-electron chi connectivity index (χ2n) is 8.37. The number of alkyl halides is 3. The van der Waals surface area contributed by atoms with E-state index in [0.717, 1.165) is 35.0 Å². The molecule has 1 saturated heterocycles. The van der Waals surface area contributed by atoms with Crippen LogP contribution in [-0.2, 0) is 27.5 Å². The third kappa shape index (κ3) is 5.51. The number of anilines is 1. The Morgan fingerprint density at radius 1 is 1.11 bits per heavy atom. The number of nitrogen functional groups attached to an aromatic ring is 1. The van der Waals surface area contributed by atoms with Crippen molar-refractivity contribution in [3.05, 3.63) is 60.2 Å². The van der Waals surface area contributed by atoms with E-state index in [2.05, 4.69) is 25.3 Å². The average Bonchev–Trinajstić information content (AvgIpc) is 3.25. The fraction of sp³-hybridized carbons (Fsp3) is 0.318. The summed E-state index contributed by atoms with van der Waals surface area (Å²) in [5.74, 6) is -2.56. The predicted octanol–water partition coefficient (Wildman–Crippen LogP) is 2.53. The number of pyridine rings is 2. The van der Waals surface area contributed by atoms with E-state index >= 15 is 0 Å². The Bertz CT molecular complexity index is 1400. The second kappa shape index (κ2) is 9.97. The minimum Gasteiger partial charge on any atom is -0.397 e. The number of hydrogen-bond acceptors (Lipinski definition) is 8. The first kappa shape index (κ1) is 26.3. The molecule has 3 aromatic rings. The molecule has 0 saturated carbocycles. The predicted molar refractivity (Wildman–Crippen MR) is 122 cm³/mol. The van der Waals surface area contributed by atoms with E-state index in [-0.39, 0.29) is 34.9 Å². The van der Waals surface area contributed by atoms with Gasteiger partial charge in [0.1, 0.15) is 11.9 Å². The fourth-order valence-electron chi connectivity index (χ4n) is 3.96. The number of rotatable bonds is 6. The highest BCUT2D eigenvalue weighted by Gasteiger charge is 2.44. The maximum absolute atomic E-state index is 13.2. The van der Waals surface area contributed by atoms with Gasteiger partial charge in [0, 0.05) is 30.5 Å². The van der Waals surface area contributed by atoms with Crippen LogP contribution in [-0.4, -0.2) is 50.6 Å². The number of carbonyl (C=O) groups is 1. The molecule has 0 aliphatic carbocycles. The van der Waals surface area contributed by atoms with Crippen molar-refractivity contribution in [3.8, 4) is 11.3 Å². The monoisotopic (exact) mass is 539 g/mol. The molecule has 0 unspecified atom stereocenters. The summed E-state index contributed by atoms with van der Waals surface area (Å²) >= 11 is 0. The van der Waals surface area contributed by atoms with Crippen molar-refractivity contribution in [2.24, 2.45) is 0 Å². The highest BCUT2D eigenvalue weighted by Crippen LogP contribution is 2.31. The van der Waals surface area contributed by atoms with E-state index in [0.29, 0.717) is 12.0 Å². The first-order valence-corrected chi connectivity index (χ1v) is 12.4. The molecule has 15 heteroatoms. The van der Waals surface area contributed by atoms with Gasteiger partial charge in [0.05, 0.1) is 23.8 Å². The molecule has 4 rings (SSSR count). The lowest BCUT2D eigenvalue weighted by Gasteiger charge is -2.26. The molecule has 0 bridgehead atoms. The molecule has 2 atom stereocenters. The number of nitrogens with two attached hydrogens (primary N) is 1. The number of nitrogens with zero attached hydrogens (tertiary/aromatic N) is 5. The van der Waals surface area contributed by atoms with E-state index in [1.54, 1.807) is 6.92 Å². The van der Waals surface area contributed by atoms with Crippen molar-refractivity contribution in [1.29, 1.82) is 0 Å². The van der Waals surface area contributed by atoms with Crippen LogP contribution in [0.15, 0.2) is 48.0 Å². The van der Waals surface area contributed by atoms with Crippen LogP contribution in [0.1, 0.15) is 31.2 Å². The average molecular weight is 540 g/mol. The van der Waals surface area contributed by atoms with Crippen LogP contribution in [0.2, 0.25) is 0 Å². The number of nitrogens with one attached hydrogen (secondary N) is 1. The number of carbonyl (C=O) groups excluding carboxylic acids is 1. The molecule has 10 nitrogen and oxygen atoms in total. The smallest absolute Gasteiger partial charge is 0.397 e. The van der Waals surface area contributed by atoms with E-state index in [4.69, 9.17) is 5.73 Å². The summed E-state index contributed by atoms with van der Waals surface area (Å²) in [6, 6.07) is 1.95. The SMILES string of the molecule is C[C@H]1CC[C@@H](C(=O)NCc2cc(-c3cnc(C(F)(F)F)nc3)ncc2N)N1S(=O)(=O)c1ccc(F)cn1. The van der Waals surface area contributed by atoms with Crippen molar-refractivity contribution < 1.29 is 30.8 Å². The molecule has 4 heterocycles. The zero-order valence-corrected chi connectivity index (χ0v) is 20.1. The van der Waals surface area contributed by atoms with Crippen LogP contribution >= 0.6 is 0 Å². The summed E-state index contributed by atoms with van der Waals surface area (Å²) in [4.78, 5) is 27.4. The Morgan fingerprint density at radius 2 is 1.81 bits per heavy atom. The van der Waals surface area contributed by atoms with Gasteiger partial charge >= 0.3 is 6.18 Å². The van der Waals surface area contributed by atoms with Gasteiger partial charge in [-0.1, -0.05) is 0 Å². The zero-order chi connectivity index (χ0) is 27.0. The van der Waals surface area contributed by atoms with Crippen molar-refractivity contribution in [1.82, 2.24) is 29.6 Å². The minimum atomic E-state index is -4.69. The third-order valence-electron chi connectivity index (χ3n) is 5.82. The molecule has 196 valence electrons. The Morgan fingerprint density at radius 3 is 2.43 bits per heavy atom. The van der Waals surface area contributed by atoms with Crippen LogP contribution < -0.4 is 11.1 Å². The van der Waals surface area contributed by atoms with Crippen molar-refractivity contribution in [3.63, 3.8) is 0 Å². The van der Waals surface area contributed by atoms with Gasteiger partial charge in [-0.25, -0.2) is 27.8 Å². The lowest BCUT2D eigenvalue weighted by atomic mass is 10.1. The van der Waals surface area contributed by atoms with Crippen LogP contribution in [0.3, 0.4) is 0 Å². The first-order chi connectivity index (χ1) is 17.4.